The topological polar surface area (TPSA) is 46.2 Å². The van der Waals surface area contributed by atoms with Crippen LogP contribution in [0.2, 0.25) is 0 Å². The standard InChI is InChI=1S/C8H15NO2/c1-7(2)9-8(11)5-3-4-6-10/h6-7H,3-5H2,1-2H3,(H,9,11). The second-order valence-electron chi connectivity index (χ2n) is 2.78. The molecule has 1 amide bonds. The maximum Gasteiger partial charge on any atom is 0.220 e. The molecule has 0 unspecified atom stereocenters. The van der Waals surface area contributed by atoms with Crippen LogP contribution in [0.15, 0.2) is 0 Å². The van der Waals surface area contributed by atoms with Crippen molar-refractivity contribution >= 4 is 12.2 Å². The van der Waals surface area contributed by atoms with Gasteiger partial charge in [-0.3, -0.25) is 4.79 Å². The van der Waals surface area contributed by atoms with Crippen LogP contribution in [0, 0.1) is 0 Å². The Hall–Kier alpha value is -0.860. The van der Waals surface area contributed by atoms with Gasteiger partial charge in [0.05, 0.1) is 0 Å². The van der Waals surface area contributed by atoms with Crippen LogP contribution in [0.3, 0.4) is 0 Å². The predicted molar refractivity (Wildman–Crippen MR) is 43.2 cm³/mol. The third kappa shape index (κ3) is 7.03. The number of nitrogens with one attached hydrogen (secondary N) is 1. The van der Waals surface area contributed by atoms with E-state index in [1.54, 1.807) is 0 Å². The van der Waals surface area contributed by atoms with Gasteiger partial charge in [-0.15, -0.1) is 0 Å². The van der Waals surface area contributed by atoms with E-state index >= 15 is 0 Å². The summed E-state index contributed by atoms with van der Waals surface area (Å²) in [5, 5.41) is 2.75. The lowest BCUT2D eigenvalue weighted by Gasteiger charge is -2.06. The summed E-state index contributed by atoms with van der Waals surface area (Å²) in [5.41, 5.74) is 0. The maximum absolute atomic E-state index is 10.9. The van der Waals surface area contributed by atoms with Gasteiger partial charge in [-0.05, 0) is 20.3 Å². The fourth-order valence-corrected chi connectivity index (χ4v) is 0.740. The summed E-state index contributed by atoms with van der Waals surface area (Å²) in [6.45, 7) is 3.83. The molecule has 3 nitrogen and oxygen atoms in total. The van der Waals surface area contributed by atoms with Gasteiger partial charge < -0.3 is 10.1 Å². The zero-order chi connectivity index (χ0) is 8.69. The number of unbranched alkanes of at least 4 members (excludes halogenated alkanes) is 1. The summed E-state index contributed by atoms with van der Waals surface area (Å²) in [7, 11) is 0. The molecule has 0 aliphatic rings. The van der Waals surface area contributed by atoms with Crippen LogP contribution in [0.25, 0.3) is 0 Å². The van der Waals surface area contributed by atoms with Crippen molar-refractivity contribution in [2.24, 2.45) is 0 Å². The van der Waals surface area contributed by atoms with Gasteiger partial charge in [0, 0.05) is 18.9 Å². The molecule has 11 heavy (non-hydrogen) atoms. The SMILES string of the molecule is CC(C)NC(=O)CCCC=O. The molecule has 0 aromatic carbocycles. The Morgan fingerprint density at radius 3 is 2.64 bits per heavy atom. The van der Waals surface area contributed by atoms with Crippen molar-refractivity contribution in [3.8, 4) is 0 Å². The van der Waals surface area contributed by atoms with E-state index in [1.807, 2.05) is 13.8 Å². The molecule has 0 fully saturated rings. The average Bonchev–Trinajstić information content (AvgIpc) is 1.86. The van der Waals surface area contributed by atoms with Crippen LogP contribution in [0.1, 0.15) is 33.1 Å². The van der Waals surface area contributed by atoms with Gasteiger partial charge in [0.2, 0.25) is 5.91 Å². The smallest absolute Gasteiger partial charge is 0.220 e. The summed E-state index contributed by atoms with van der Waals surface area (Å²) in [6, 6.07) is 0.193. The summed E-state index contributed by atoms with van der Waals surface area (Å²) >= 11 is 0. The molecule has 64 valence electrons. The van der Waals surface area contributed by atoms with E-state index < -0.39 is 0 Å². The molecule has 0 bridgehead atoms. The molecule has 0 atom stereocenters. The highest BCUT2D eigenvalue weighted by Gasteiger charge is 2.01. The summed E-state index contributed by atoms with van der Waals surface area (Å²) in [4.78, 5) is 20.8. The number of hydrogen-bond acceptors (Lipinski definition) is 2. The highest BCUT2D eigenvalue weighted by atomic mass is 16.1. The van der Waals surface area contributed by atoms with Crippen LogP contribution in [0.4, 0.5) is 0 Å². The minimum absolute atomic E-state index is 0.0295. The number of hydrogen-bond donors (Lipinski definition) is 1. The van der Waals surface area contributed by atoms with Crippen LogP contribution in [0.5, 0.6) is 0 Å². The molecule has 0 aromatic heterocycles. The van der Waals surface area contributed by atoms with Crippen LogP contribution in [-0.2, 0) is 9.59 Å². The van der Waals surface area contributed by atoms with E-state index in [1.165, 1.54) is 0 Å². The average molecular weight is 157 g/mol. The molecule has 0 rings (SSSR count). The predicted octanol–water partition coefficient (Wildman–Crippen LogP) is 0.880. The number of aldehydes is 1. The van der Waals surface area contributed by atoms with E-state index in [2.05, 4.69) is 5.32 Å². The first-order valence-corrected chi connectivity index (χ1v) is 3.90. The van der Waals surface area contributed by atoms with Crippen molar-refractivity contribution in [3.05, 3.63) is 0 Å². The van der Waals surface area contributed by atoms with Crippen molar-refractivity contribution in [2.45, 2.75) is 39.2 Å². The van der Waals surface area contributed by atoms with Gasteiger partial charge in [0.1, 0.15) is 6.29 Å². The lowest BCUT2D eigenvalue weighted by molar-refractivity contribution is -0.121. The number of rotatable bonds is 5. The van der Waals surface area contributed by atoms with Crippen molar-refractivity contribution in [1.82, 2.24) is 5.32 Å². The first kappa shape index (κ1) is 10.1. The normalized spacial score (nSPS) is 9.73. The molecule has 1 N–H and O–H groups in total. The minimum Gasteiger partial charge on any atom is -0.354 e. The monoisotopic (exact) mass is 157 g/mol. The largest absolute Gasteiger partial charge is 0.354 e. The van der Waals surface area contributed by atoms with E-state index in [-0.39, 0.29) is 11.9 Å². The van der Waals surface area contributed by atoms with Crippen molar-refractivity contribution in [1.29, 1.82) is 0 Å². The fraction of sp³-hybridized carbons (Fsp3) is 0.750. The molecular weight excluding hydrogens is 142 g/mol. The molecule has 0 saturated heterocycles. The van der Waals surface area contributed by atoms with Gasteiger partial charge >= 0.3 is 0 Å². The first-order chi connectivity index (χ1) is 5.16. The van der Waals surface area contributed by atoms with Crippen LogP contribution >= 0.6 is 0 Å². The summed E-state index contributed by atoms with van der Waals surface area (Å²) < 4.78 is 0. The Labute approximate surface area is 67.2 Å². The van der Waals surface area contributed by atoms with Gasteiger partial charge in [0.15, 0.2) is 0 Å². The Morgan fingerprint density at radius 2 is 2.18 bits per heavy atom. The molecule has 0 radical (unpaired) electrons. The molecule has 0 saturated carbocycles. The number of amides is 1. The second-order valence-corrected chi connectivity index (χ2v) is 2.78. The molecule has 0 aliphatic carbocycles. The lowest BCUT2D eigenvalue weighted by atomic mass is 10.2. The Morgan fingerprint density at radius 1 is 1.55 bits per heavy atom. The summed E-state index contributed by atoms with van der Waals surface area (Å²) in [5.74, 6) is 0.0295. The molecule has 3 heteroatoms. The van der Waals surface area contributed by atoms with Crippen LogP contribution in [-0.4, -0.2) is 18.2 Å². The number of carbonyl (C=O) groups is 2. The van der Waals surface area contributed by atoms with E-state index in [0.29, 0.717) is 19.3 Å². The zero-order valence-corrected chi connectivity index (χ0v) is 7.09. The molecule has 0 aromatic rings. The Kier molecular flexibility index (Phi) is 5.43. The first-order valence-electron chi connectivity index (χ1n) is 3.90. The molecular formula is C8H15NO2. The van der Waals surface area contributed by atoms with E-state index in [9.17, 15) is 9.59 Å². The summed E-state index contributed by atoms with van der Waals surface area (Å²) in [6.07, 6.45) is 2.42. The highest BCUT2D eigenvalue weighted by Crippen LogP contribution is 1.92. The fourth-order valence-electron chi connectivity index (χ4n) is 0.740. The van der Waals surface area contributed by atoms with Gasteiger partial charge in [0.25, 0.3) is 0 Å². The van der Waals surface area contributed by atoms with Crippen molar-refractivity contribution < 1.29 is 9.59 Å². The number of carbonyl (C=O) groups excluding carboxylic acids is 2. The second kappa shape index (κ2) is 5.89. The minimum atomic E-state index is 0.0295. The van der Waals surface area contributed by atoms with E-state index in [4.69, 9.17) is 0 Å². The van der Waals surface area contributed by atoms with Crippen molar-refractivity contribution in [3.63, 3.8) is 0 Å². The lowest BCUT2D eigenvalue weighted by Crippen LogP contribution is -2.29. The zero-order valence-electron chi connectivity index (χ0n) is 7.09. The highest BCUT2D eigenvalue weighted by molar-refractivity contribution is 5.76. The van der Waals surface area contributed by atoms with Gasteiger partial charge in [-0.1, -0.05) is 0 Å². The third-order valence-electron chi connectivity index (χ3n) is 1.18. The van der Waals surface area contributed by atoms with Crippen LogP contribution < -0.4 is 5.32 Å². The Bertz CT molecular complexity index is 132. The van der Waals surface area contributed by atoms with E-state index in [0.717, 1.165) is 6.29 Å². The van der Waals surface area contributed by atoms with Gasteiger partial charge in [-0.2, -0.15) is 0 Å². The maximum atomic E-state index is 10.9. The molecule has 0 aliphatic heterocycles. The molecule has 0 spiro atoms. The van der Waals surface area contributed by atoms with Crippen molar-refractivity contribution in [2.75, 3.05) is 0 Å². The third-order valence-corrected chi connectivity index (χ3v) is 1.18. The molecule has 0 heterocycles. The quantitative estimate of drug-likeness (QED) is 0.475. The Balaban J connectivity index is 3.30. The van der Waals surface area contributed by atoms with Gasteiger partial charge in [-0.25, -0.2) is 0 Å².